The SMILES string of the molecule is Cc1cc(OCC(C)(C)C)ncc1-c1cnc(C=O)cn1.Cc1cc(OCC(C)(C)C)ncc1B1OC(C)(C)C(C)(C)O1.O=Cc1cnc(Cl)cn1. The molecule has 12 nitrogen and oxygen atoms in total. The van der Waals surface area contributed by atoms with E-state index >= 15 is 0 Å². The minimum absolute atomic E-state index is 0.0877. The summed E-state index contributed by atoms with van der Waals surface area (Å²) >= 11 is 5.38. The van der Waals surface area contributed by atoms with Crippen LogP contribution in [0.3, 0.4) is 0 Å². The van der Waals surface area contributed by atoms with Gasteiger partial charge in [0.25, 0.3) is 0 Å². The summed E-state index contributed by atoms with van der Waals surface area (Å²) in [5.41, 5.74) is 4.72. The molecule has 0 spiro atoms. The first-order chi connectivity index (χ1) is 24.1. The van der Waals surface area contributed by atoms with Crippen molar-refractivity contribution >= 4 is 36.8 Å². The summed E-state index contributed by atoms with van der Waals surface area (Å²) in [4.78, 5) is 44.8. The molecule has 4 aromatic rings. The fraction of sp³-hybridized carbons (Fsp3) is 0.474. The predicted molar refractivity (Wildman–Crippen MR) is 202 cm³/mol. The maximum Gasteiger partial charge on any atom is 0.496 e. The lowest BCUT2D eigenvalue weighted by molar-refractivity contribution is 0.00578. The minimum Gasteiger partial charge on any atom is -0.477 e. The quantitative estimate of drug-likeness (QED) is 0.134. The third-order valence-electron chi connectivity index (χ3n) is 7.85. The Morgan fingerprint density at radius 1 is 0.673 bits per heavy atom. The Kier molecular flexibility index (Phi) is 14.1. The van der Waals surface area contributed by atoms with Gasteiger partial charge in [0.1, 0.15) is 16.5 Å². The molecule has 278 valence electrons. The smallest absolute Gasteiger partial charge is 0.477 e. The summed E-state index contributed by atoms with van der Waals surface area (Å²) in [5.74, 6) is 1.25. The van der Waals surface area contributed by atoms with E-state index < -0.39 is 0 Å². The third kappa shape index (κ3) is 12.7. The number of hydrogen-bond donors (Lipinski definition) is 0. The number of aryl methyl sites for hydroxylation is 2. The molecule has 0 saturated carbocycles. The molecule has 1 aliphatic heterocycles. The number of carbonyl (C=O) groups is 2. The standard InChI is InChI=1S/C17H28BNO3.C16H19N3O2.C5H3ClN2O/c1-12-9-14(20-11-15(2,3)4)19-10-13(12)18-21-16(5,6)17(7,8)22-18;1-11-5-15(21-10-16(2,3)4)19-7-13(11)14-8-17-12(9-20)6-18-14;6-5-2-7-4(3-9)1-8-5/h9-10H,11H2,1-8H3;5-9H,10H2,1-4H3;1-3H. The van der Waals surface area contributed by atoms with Crippen molar-refractivity contribution in [2.24, 2.45) is 10.8 Å². The molecule has 0 aromatic carbocycles. The fourth-order valence-corrected chi connectivity index (χ4v) is 4.31. The molecule has 1 saturated heterocycles. The van der Waals surface area contributed by atoms with E-state index in [9.17, 15) is 9.59 Å². The van der Waals surface area contributed by atoms with Gasteiger partial charge in [-0.05, 0) is 63.5 Å². The molecule has 1 aliphatic rings. The molecule has 5 heterocycles. The van der Waals surface area contributed by atoms with Crippen molar-refractivity contribution in [3.05, 3.63) is 77.0 Å². The number of rotatable bonds is 8. The van der Waals surface area contributed by atoms with Crippen LogP contribution in [0.5, 0.6) is 11.8 Å². The largest absolute Gasteiger partial charge is 0.496 e. The van der Waals surface area contributed by atoms with Gasteiger partial charge >= 0.3 is 7.12 Å². The number of hydrogen-bond acceptors (Lipinski definition) is 12. The van der Waals surface area contributed by atoms with Crippen molar-refractivity contribution < 1.29 is 28.4 Å². The van der Waals surface area contributed by atoms with Crippen molar-refractivity contribution in [1.29, 1.82) is 0 Å². The van der Waals surface area contributed by atoms with Gasteiger partial charge in [-0.1, -0.05) is 53.1 Å². The molecular formula is C38H50BClN6O6. The van der Waals surface area contributed by atoms with Crippen molar-refractivity contribution in [2.45, 2.75) is 94.3 Å². The van der Waals surface area contributed by atoms with Gasteiger partial charge in [0.05, 0.1) is 54.9 Å². The van der Waals surface area contributed by atoms with Crippen molar-refractivity contribution in [3.63, 3.8) is 0 Å². The number of aldehydes is 2. The molecule has 5 rings (SSSR count). The predicted octanol–water partition coefficient (Wildman–Crippen LogP) is 7.14. The van der Waals surface area contributed by atoms with E-state index in [0.717, 1.165) is 22.2 Å². The summed E-state index contributed by atoms with van der Waals surface area (Å²) in [6, 6.07) is 3.84. The summed E-state index contributed by atoms with van der Waals surface area (Å²) in [6.07, 6.45) is 10.5. The maximum absolute atomic E-state index is 10.6. The van der Waals surface area contributed by atoms with E-state index in [1.54, 1.807) is 18.6 Å². The second-order valence-corrected chi connectivity index (χ2v) is 16.2. The highest BCUT2D eigenvalue weighted by molar-refractivity contribution is 6.62. The molecule has 4 aromatic heterocycles. The first kappa shape index (κ1) is 42.1. The molecule has 0 unspecified atom stereocenters. The Hall–Kier alpha value is -4.33. The molecule has 0 amide bonds. The Labute approximate surface area is 312 Å². The lowest BCUT2D eigenvalue weighted by Gasteiger charge is -2.32. The monoisotopic (exact) mass is 732 g/mol. The highest BCUT2D eigenvalue weighted by atomic mass is 35.5. The zero-order chi connectivity index (χ0) is 38.9. The van der Waals surface area contributed by atoms with Crippen LogP contribution in [0.15, 0.2) is 49.3 Å². The van der Waals surface area contributed by atoms with E-state index in [-0.39, 0.29) is 29.2 Å². The molecule has 0 bridgehead atoms. The molecule has 14 heteroatoms. The molecule has 0 radical (unpaired) electrons. The van der Waals surface area contributed by atoms with E-state index in [1.165, 1.54) is 18.6 Å². The molecule has 52 heavy (non-hydrogen) atoms. The van der Waals surface area contributed by atoms with Gasteiger partial charge in [0.2, 0.25) is 11.8 Å². The molecule has 0 N–H and O–H groups in total. The zero-order valence-corrected chi connectivity index (χ0v) is 33.0. The highest BCUT2D eigenvalue weighted by Crippen LogP contribution is 2.36. The molecular weight excluding hydrogens is 683 g/mol. The number of aromatic nitrogens is 6. The van der Waals surface area contributed by atoms with Gasteiger partial charge in [-0.2, -0.15) is 0 Å². The van der Waals surface area contributed by atoms with E-state index in [1.807, 2.05) is 26.0 Å². The van der Waals surface area contributed by atoms with Crippen LogP contribution in [0.2, 0.25) is 5.15 Å². The topological polar surface area (TPSA) is 148 Å². The average molecular weight is 733 g/mol. The number of halogens is 1. The van der Waals surface area contributed by atoms with Crippen LogP contribution in [0.25, 0.3) is 11.3 Å². The van der Waals surface area contributed by atoms with Crippen LogP contribution in [0.1, 0.15) is 101 Å². The summed E-state index contributed by atoms with van der Waals surface area (Å²) < 4.78 is 23.6. The highest BCUT2D eigenvalue weighted by Gasteiger charge is 2.52. The number of pyridine rings is 2. The van der Waals surface area contributed by atoms with Gasteiger partial charge in [0, 0.05) is 35.6 Å². The normalized spacial score (nSPS) is 14.7. The maximum atomic E-state index is 10.6. The van der Waals surface area contributed by atoms with Crippen LogP contribution in [0.4, 0.5) is 0 Å². The lowest BCUT2D eigenvalue weighted by Crippen LogP contribution is -2.41. The molecule has 1 fully saturated rings. The van der Waals surface area contributed by atoms with Gasteiger partial charge in [-0.15, -0.1) is 0 Å². The second-order valence-electron chi connectivity index (χ2n) is 15.8. The van der Waals surface area contributed by atoms with E-state index in [2.05, 4.69) is 99.1 Å². The fourth-order valence-electron chi connectivity index (χ4n) is 4.22. The Morgan fingerprint density at radius 3 is 1.56 bits per heavy atom. The van der Waals surface area contributed by atoms with Gasteiger partial charge < -0.3 is 18.8 Å². The third-order valence-corrected chi connectivity index (χ3v) is 8.05. The van der Waals surface area contributed by atoms with Crippen LogP contribution >= 0.6 is 11.6 Å². The van der Waals surface area contributed by atoms with Crippen LogP contribution in [-0.4, -0.2) is 74.0 Å². The van der Waals surface area contributed by atoms with Crippen molar-refractivity contribution in [2.75, 3.05) is 13.2 Å². The molecule has 0 atom stereocenters. The number of ether oxygens (including phenoxy) is 2. The Bertz CT molecular complexity index is 1780. The summed E-state index contributed by atoms with van der Waals surface area (Å²) in [7, 11) is -0.380. The average Bonchev–Trinajstić information content (AvgIpc) is 3.29. The molecule has 0 aliphatic carbocycles. The van der Waals surface area contributed by atoms with Gasteiger partial charge in [-0.25, -0.2) is 24.9 Å². The van der Waals surface area contributed by atoms with E-state index in [0.29, 0.717) is 59.8 Å². The van der Waals surface area contributed by atoms with Crippen molar-refractivity contribution in [1.82, 2.24) is 29.9 Å². The van der Waals surface area contributed by atoms with Gasteiger partial charge in [0.15, 0.2) is 12.6 Å². The zero-order valence-electron chi connectivity index (χ0n) is 32.3. The van der Waals surface area contributed by atoms with Crippen LogP contribution < -0.4 is 14.9 Å². The first-order valence-electron chi connectivity index (χ1n) is 16.9. The minimum atomic E-state index is -0.380. The van der Waals surface area contributed by atoms with Gasteiger partial charge in [-0.3, -0.25) is 14.6 Å². The number of carbonyl (C=O) groups excluding carboxylic acids is 2. The summed E-state index contributed by atoms with van der Waals surface area (Å²) in [6.45, 7) is 26.2. The van der Waals surface area contributed by atoms with Crippen LogP contribution in [0, 0.1) is 24.7 Å². The Balaban J connectivity index is 0.000000228. The summed E-state index contributed by atoms with van der Waals surface area (Å²) in [5, 5.41) is 0.292. The van der Waals surface area contributed by atoms with E-state index in [4.69, 9.17) is 30.4 Å². The van der Waals surface area contributed by atoms with Crippen LogP contribution in [-0.2, 0) is 9.31 Å². The first-order valence-corrected chi connectivity index (χ1v) is 17.3. The number of nitrogens with zero attached hydrogens (tertiary/aromatic N) is 6. The lowest BCUT2D eigenvalue weighted by atomic mass is 9.77. The van der Waals surface area contributed by atoms with Crippen molar-refractivity contribution in [3.8, 4) is 23.0 Å². The second kappa shape index (κ2) is 17.5. The Morgan fingerprint density at radius 2 is 1.15 bits per heavy atom.